The number of likely N-dealkylation sites (N-methyl/N-ethyl adjacent to an activating group) is 1. The maximum atomic E-state index is 12.3. The van der Waals surface area contributed by atoms with E-state index in [0.29, 0.717) is 23.8 Å². The molecule has 1 rings (SSSR count). The summed E-state index contributed by atoms with van der Waals surface area (Å²) in [6, 6.07) is 6.73. The SMILES string of the molecule is CC(C)COc1ccc(C(=O)N(C)C(C)(C)C(=O)O)cc1. The normalized spacial score (nSPS) is 11.3. The molecule has 0 spiro atoms. The van der Waals surface area contributed by atoms with Gasteiger partial charge in [0.1, 0.15) is 11.3 Å². The Kier molecular flexibility index (Phi) is 5.35. The molecule has 0 radical (unpaired) electrons. The third-order valence-corrected chi connectivity index (χ3v) is 3.35. The van der Waals surface area contributed by atoms with Crippen molar-refractivity contribution in [1.29, 1.82) is 0 Å². The largest absolute Gasteiger partial charge is 0.493 e. The quantitative estimate of drug-likeness (QED) is 0.875. The second kappa shape index (κ2) is 6.61. The number of hydrogen-bond acceptors (Lipinski definition) is 3. The summed E-state index contributed by atoms with van der Waals surface area (Å²) in [6.07, 6.45) is 0. The second-order valence-electron chi connectivity index (χ2n) is 5.96. The number of nitrogens with zero attached hydrogens (tertiary/aromatic N) is 1. The Balaban J connectivity index is 2.82. The van der Waals surface area contributed by atoms with E-state index in [4.69, 9.17) is 9.84 Å². The summed E-state index contributed by atoms with van der Waals surface area (Å²) in [5, 5.41) is 9.16. The predicted molar refractivity (Wildman–Crippen MR) is 80.6 cm³/mol. The smallest absolute Gasteiger partial charge is 0.329 e. The van der Waals surface area contributed by atoms with Crippen LogP contribution in [-0.2, 0) is 4.79 Å². The van der Waals surface area contributed by atoms with Gasteiger partial charge in [-0.1, -0.05) is 13.8 Å². The average molecular weight is 293 g/mol. The highest BCUT2D eigenvalue weighted by atomic mass is 16.5. The van der Waals surface area contributed by atoms with Gasteiger partial charge < -0.3 is 14.7 Å². The zero-order valence-corrected chi connectivity index (χ0v) is 13.2. The van der Waals surface area contributed by atoms with Crippen LogP contribution in [0.4, 0.5) is 0 Å². The molecular formula is C16H23NO4. The van der Waals surface area contributed by atoms with Crippen molar-refractivity contribution in [2.45, 2.75) is 33.2 Å². The lowest BCUT2D eigenvalue weighted by Crippen LogP contribution is -2.50. The summed E-state index contributed by atoms with van der Waals surface area (Å²) < 4.78 is 5.55. The van der Waals surface area contributed by atoms with E-state index in [1.165, 1.54) is 25.8 Å². The van der Waals surface area contributed by atoms with Crippen LogP contribution in [-0.4, -0.2) is 41.1 Å². The second-order valence-corrected chi connectivity index (χ2v) is 5.96. The van der Waals surface area contributed by atoms with Crippen molar-refractivity contribution in [3.05, 3.63) is 29.8 Å². The van der Waals surface area contributed by atoms with Crippen LogP contribution in [0.3, 0.4) is 0 Å². The number of ether oxygens (including phenoxy) is 1. The van der Waals surface area contributed by atoms with Crippen molar-refractivity contribution in [3.8, 4) is 5.75 Å². The third kappa shape index (κ3) is 4.21. The predicted octanol–water partition coefficient (Wildman–Crippen LogP) is 2.66. The number of benzene rings is 1. The monoisotopic (exact) mass is 293 g/mol. The Labute approximate surface area is 125 Å². The highest BCUT2D eigenvalue weighted by molar-refractivity contribution is 5.97. The van der Waals surface area contributed by atoms with E-state index >= 15 is 0 Å². The molecule has 1 amide bonds. The molecule has 0 heterocycles. The van der Waals surface area contributed by atoms with E-state index in [1.54, 1.807) is 24.3 Å². The lowest BCUT2D eigenvalue weighted by Gasteiger charge is -2.31. The first kappa shape index (κ1) is 17.0. The molecule has 21 heavy (non-hydrogen) atoms. The molecule has 116 valence electrons. The molecular weight excluding hydrogens is 270 g/mol. The van der Waals surface area contributed by atoms with Gasteiger partial charge in [0.25, 0.3) is 5.91 Å². The van der Waals surface area contributed by atoms with E-state index in [-0.39, 0.29) is 5.91 Å². The highest BCUT2D eigenvalue weighted by Gasteiger charge is 2.35. The number of carboxylic acid groups (broad SMARTS) is 1. The van der Waals surface area contributed by atoms with Gasteiger partial charge in [-0.05, 0) is 44.0 Å². The number of carboxylic acids is 1. The van der Waals surface area contributed by atoms with Gasteiger partial charge >= 0.3 is 5.97 Å². The van der Waals surface area contributed by atoms with Crippen molar-refractivity contribution in [2.24, 2.45) is 5.92 Å². The van der Waals surface area contributed by atoms with E-state index in [0.717, 1.165) is 0 Å². The van der Waals surface area contributed by atoms with Gasteiger partial charge in [0.2, 0.25) is 0 Å². The van der Waals surface area contributed by atoms with Gasteiger partial charge in [0, 0.05) is 12.6 Å². The topological polar surface area (TPSA) is 66.8 Å². The lowest BCUT2D eigenvalue weighted by atomic mass is 10.0. The van der Waals surface area contributed by atoms with Crippen molar-refractivity contribution >= 4 is 11.9 Å². The van der Waals surface area contributed by atoms with Crippen molar-refractivity contribution in [1.82, 2.24) is 4.90 Å². The molecule has 0 bridgehead atoms. The summed E-state index contributed by atoms with van der Waals surface area (Å²) in [7, 11) is 1.49. The summed E-state index contributed by atoms with van der Waals surface area (Å²) in [4.78, 5) is 24.7. The Morgan fingerprint density at radius 2 is 1.76 bits per heavy atom. The van der Waals surface area contributed by atoms with Gasteiger partial charge in [-0.3, -0.25) is 4.79 Å². The van der Waals surface area contributed by atoms with Crippen molar-refractivity contribution < 1.29 is 19.4 Å². The molecule has 5 nitrogen and oxygen atoms in total. The number of carbonyl (C=O) groups excluding carboxylic acids is 1. The molecule has 0 unspecified atom stereocenters. The molecule has 0 saturated carbocycles. The van der Waals surface area contributed by atoms with Crippen LogP contribution in [0.1, 0.15) is 38.1 Å². The zero-order valence-electron chi connectivity index (χ0n) is 13.2. The Morgan fingerprint density at radius 3 is 2.19 bits per heavy atom. The molecule has 0 aliphatic heterocycles. The molecule has 0 atom stereocenters. The van der Waals surface area contributed by atoms with Crippen LogP contribution in [0.5, 0.6) is 5.75 Å². The molecule has 5 heteroatoms. The third-order valence-electron chi connectivity index (χ3n) is 3.35. The van der Waals surface area contributed by atoms with Gasteiger partial charge in [0.15, 0.2) is 0 Å². The van der Waals surface area contributed by atoms with E-state index in [1.807, 2.05) is 0 Å². The molecule has 0 aromatic heterocycles. The molecule has 0 aliphatic carbocycles. The number of aliphatic carboxylic acids is 1. The first-order valence-electron chi connectivity index (χ1n) is 6.90. The van der Waals surface area contributed by atoms with E-state index in [2.05, 4.69) is 13.8 Å². The Morgan fingerprint density at radius 1 is 1.24 bits per heavy atom. The minimum atomic E-state index is -1.26. The summed E-state index contributed by atoms with van der Waals surface area (Å²) in [6.45, 7) is 7.71. The van der Waals surface area contributed by atoms with Crippen LogP contribution >= 0.6 is 0 Å². The molecule has 1 aromatic carbocycles. The summed E-state index contributed by atoms with van der Waals surface area (Å²) >= 11 is 0. The van der Waals surface area contributed by atoms with Crippen LogP contribution in [0.15, 0.2) is 24.3 Å². The van der Waals surface area contributed by atoms with Crippen molar-refractivity contribution in [3.63, 3.8) is 0 Å². The lowest BCUT2D eigenvalue weighted by molar-refractivity contribution is -0.147. The van der Waals surface area contributed by atoms with Gasteiger partial charge in [-0.2, -0.15) is 0 Å². The number of amides is 1. The maximum Gasteiger partial charge on any atom is 0.329 e. The molecule has 0 aliphatic rings. The average Bonchev–Trinajstić information content (AvgIpc) is 2.43. The van der Waals surface area contributed by atoms with Gasteiger partial charge in [-0.15, -0.1) is 0 Å². The molecule has 1 aromatic rings. The molecule has 0 fully saturated rings. The van der Waals surface area contributed by atoms with Crippen LogP contribution in [0, 0.1) is 5.92 Å². The zero-order chi connectivity index (χ0) is 16.2. The van der Waals surface area contributed by atoms with Gasteiger partial charge in [0.05, 0.1) is 6.61 Å². The Bertz CT molecular complexity index is 506. The van der Waals surface area contributed by atoms with Crippen LogP contribution in [0.25, 0.3) is 0 Å². The van der Waals surface area contributed by atoms with Crippen LogP contribution in [0.2, 0.25) is 0 Å². The summed E-state index contributed by atoms with van der Waals surface area (Å²) in [5.74, 6) is -0.262. The van der Waals surface area contributed by atoms with E-state index in [9.17, 15) is 9.59 Å². The number of hydrogen-bond donors (Lipinski definition) is 1. The number of rotatable bonds is 6. The highest BCUT2D eigenvalue weighted by Crippen LogP contribution is 2.19. The van der Waals surface area contributed by atoms with Crippen LogP contribution < -0.4 is 4.74 Å². The molecule has 1 N–H and O–H groups in total. The first-order chi connectivity index (χ1) is 9.66. The fourth-order valence-electron chi connectivity index (χ4n) is 1.55. The fraction of sp³-hybridized carbons (Fsp3) is 0.500. The number of carbonyl (C=O) groups is 2. The summed E-state index contributed by atoms with van der Waals surface area (Å²) in [5.41, 5.74) is -0.826. The fourth-order valence-corrected chi connectivity index (χ4v) is 1.55. The maximum absolute atomic E-state index is 12.3. The van der Waals surface area contributed by atoms with Crippen molar-refractivity contribution in [2.75, 3.05) is 13.7 Å². The first-order valence-corrected chi connectivity index (χ1v) is 6.90. The minimum Gasteiger partial charge on any atom is -0.493 e. The van der Waals surface area contributed by atoms with Gasteiger partial charge in [-0.25, -0.2) is 4.79 Å². The standard InChI is InChI=1S/C16H23NO4/c1-11(2)10-21-13-8-6-12(7-9-13)14(18)17(5)16(3,4)15(19)20/h6-9,11H,10H2,1-5H3,(H,19,20). The molecule has 0 saturated heterocycles. The minimum absolute atomic E-state index is 0.335. The Hall–Kier alpha value is -2.04. The van der Waals surface area contributed by atoms with E-state index < -0.39 is 11.5 Å².